The fourth-order valence-corrected chi connectivity index (χ4v) is 2.51. The van der Waals surface area contributed by atoms with Crippen molar-refractivity contribution in [1.82, 2.24) is 9.78 Å². The summed E-state index contributed by atoms with van der Waals surface area (Å²) < 4.78 is 1.89. The minimum absolute atomic E-state index is 0.581. The van der Waals surface area contributed by atoms with Gasteiger partial charge in [0.1, 0.15) is 6.10 Å². The van der Waals surface area contributed by atoms with Crippen LogP contribution < -0.4 is 0 Å². The number of aromatic nitrogens is 2. The Labute approximate surface area is 113 Å². The van der Waals surface area contributed by atoms with Crippen LogP contribution in [0.1, 0.15) is 55.0 Å². The summed E-state index contributed by atoms with van der Waals surface area (Å²) in [7, 11) is 0. The van der Waals surface area contributed by atoms with E-state index in [2.05, 4.69) is 24.2 Å². The molecule has 1 aliphatic rings. The molecule has 19 heavy (non-hydrogen) atoms. The zero-order chi connectivity index (χ0) is 13.2. The van der Waals surface area contributed by atoms with Crippen molar-refractivity contribution in [2.75, 3.05) is 0 Å². The molecule has 0 aliphatic heterocycles. The van der Waals surface area contributed by atoms with E-state index < -0.39 is 6.10 Å². The smallest absolute Gasteiger partial charge is 0.121 e. The maximum Gasteiger partial charge on any atom is 0.121 e. The Morgan fingerprint density at radius 1 is 1.26 bits per heavy atom. The Balaban J connectivity index is 1.81. The fourth-order valence-electron chi connectivity index (χ4n) is 2.51. The number of rotatable bonds is 5. The first-order valence-electron chi connectivity index (χ1n) is 7.09. The van der Waals surface area contributed by atoms with Crippen molar-refractivity contribution in [2.24, 2.45) is 0 Å². The van der Waals surface area contributed by atoms with Gasteiger partial charge in [-0.25, -0.2) is 0 Å². The number of benzene rings is 1. The number of hydrogen-bond donors (Lipinski definition) is 1. The molecule has 1 aromatic carbocycles. The summed E-state index contributed by atoms with van der Waals surface area (Å²) in [6.45, 7) is 2.96. The van der Waals surface area contributed by atoms with E-state index >= 15 is 0 Å². The molecule has 0 radical (unpaired) electrons. The van der Waals surface area contributed by atoms with Crippen LogP contribution in [-0.4, -0.2) is 14.9 Å². The molecule has 0 spiro atoms. The molecule has 1 aliphatic carbocycles. The van der Waals surface area contributed by atoms with E-state index in [1.807, 2.05) is 22.9 Å². The highest BCUT2D eigenvalue weighted by Gasteiger charge is 2.23. The van der Waals surface area contributed by atoms with Crippen molar-refractivity contribution in [3.05, 3.63) is 53.3 Å². The van der Waals surface area contributed by atoms with Crippen LogP contribution in [0.25, 0.3) is 0 Å². The van der Waals surface area contributed by atoms with Gasteiger partial charge in [0, 0.05) is 12.7 Å². The third kappa shape index (κ3) is 2.56. The van der Waals surface area contributed by atoms with Crippen molar-refractivity contribution in [3.63, 3.8) is 0 Å². The lowest BCUT2D eigenvalue weighted by atomic mass is 10.0. The predicted molar refractivity (Wildman–Crippen MR) is 75.0 cm³/mol. The van der Waals surface area contributed by atoms with Gasteiger partial charge in [0.15, 0.2) is 0 Å². The second kappa shape index (κ2) is 5.17. The van der Waals surface area contributed by atoms with Crippen LogP contribution >= 0.6 is 0 Å². The zero-order valence-corrected chi connectivity index (χ0v) is 11.3. The van der Waals surface area contributed by atoms with E-state index in [1.165, 1.54) is 18.4 Å². The topological polar surface area (TPSA) is 38.0 Å². The molecular formula is C16H20N2O. The third-order valence-electron chi connectivity index (χ3n) is 3.77. The summed E-state index contributed by atoms with van der Waals surface area (Å²) in [5.74, 6) is 0.761. The summed E-state index contributed by atoms with van der Waals surface area (Å²) in [6.07, 6.45) is 4.81. The molecule has 100 valence electrons. The Bertz CT molecular complexity index is 540. The van der Waals surface area contributed by atoms with Gasteiger partial charge in [-0.1, -0.05) is 31.2 Å². The Hall–Kier alpha value is -1.61. The normalized spacial score (nSPS) is 16.5. The quantitative estimate of drug-likeness (QED) is 0.891. The van der Waals surface area contributed by atoms with Crippen LogP contribution in [0, 0.1) is 0 Å². The molecule has 1 fully saturated rings. The standard InChI is InChI=1S/C16H20N2O/c1-2-11-18-15(9-10-17-18)16(19)14-7-5-13(6-8-14)12-3-4-12/h5-10,12,16,19H,2-4,11H2,1H3. The van der Waals surface area contributed by atoms with Gasteiger partial charge in [-0.15, -0.1) is 0 Å². The zero-order valence-electron chi connectivity index (χ0n) is 11.3. The fraction of sp³-hybridized carbons (Fsp3) is 0.438. The van der Waals surface area contributed by atoms with Gasteiger partial charge in [-0.3, -0.25) is 4.68 Å². The van der Waals surface area contributed by atoms with E-state index in [-0.39, 0.29) is 0 Å². The van der Waals surface area contributed by atoms with E-state index in [1.54, 1.807) is 6.20 Å². The highest BCUT2D eigenvalue weighted by Crippen LogP contribution is 2.40. The molecule has 0 saturated heterocycles. The van der Waals surface area contributed by atoms with Gasteiger partial charge < -0.3 is 5.11 Å². The SMILES string of the molecule is CCCn1nccc1C(O)c1ccc(C2CC2)cc1. The monoisotopic (exact) mass is 256 g/mol. The first kappa shape index (κ1) is 12.4. The van der Waals surface area contributed by atoms with Crippen LogP contribution in [0.4, 0.5) is 0 Å². The maximum atomic E-state index is 10.5. The van der Waals surface area contributed by atoms with E-state index in [0.29, 0.717) is 0 Å². The molecule has 1 N–H and O–H groups in total. The van der Waals surface area contributed by atoms with Crippen LogP contribution in [-0.2, 0) is 6.54 Å². The van der Waals surface area contributed by atoms with Gasteiger partial charge in [-0.2, -0.15) is 5.10 Å². The molecule has 1 atom stereocenters. The van der Waals surface area contributed by atoms with Gasteiger partial charge in [0.25, 0.3) is 0 Å². The lowest BCUT2D eigenvalue weighted by Gasteiger charge is -2.14. The summed E-state index contributed by atoms with van der Waals surface area (Å²) in [5.41, 5.74) is 3.22. The van der Waals surface area contributed by atoms with Crippen LogP contribution in [0.2, 0.25) is 0 Å². The van der Waals surface area contributed by atoms with Crippen LogP contribution in [0.5, 0.6) is 0 Å². The first-order chi connectivity index (χ1) is 9.29. The minimum atomic E-state index is -0.581. The summed E-state index contributed by atoms with van der Waals surface area (Å²) in [5, 5.41) is 14.7. The Morgan fingerprint density at radius 3 is 2.63 bits per heavy atom. The molecule has 1 unspecified atom stereocenters. The molecule has 0 amide bonds. The average molecular weight is 256 g/mol. The molecular weight excluding hydrogens is 236 g/mol. The van der Waals surface area contributed by atoms with Crippen molar-refractivity contribution < 1.29 is 5.11 Å². The molecule has 1 saturated carbocycles. The molecule has 3 heteroatoms. The van der Waals surface area contributed by atoms with Gasteiger partial charge in [0.2, 0.25) is 0 Å². The summed E-state index contributed by atoms with van der Waals surface area (Å²) in [4.78, 5) is 0. The number of aliphatic hydroxyl groups is 1. The van der Waals surface area contributed by atoms with Crippen molar-refractivity contribution in [3.8, 4) is 0 Å². The predicted octanol–water partition coefficient (Wildman–Crippen LogP) is 3.25. The average Bonchev–Trinajstić information content (AvgIpc) is 3.19. The lowest BCUT2D eigenvalue weighted by Crippen LogP contribution is -2.10. The second-order valence-corrected chi connectivity index (χ2v) is 5.32. The third-order valence-corrected chi connectivity index (χ3v) is 3.77. The molecule has 2 aromatic rings. The molecule has 3 nitrogen and oxygen atoms in total. The van der Waals surface area contributed by atoms with Crippen molar-refractivity contribution in [2.45, 2.75) is 44.8 Å². The summed E-state index contributed by atoms with van der Waals surface area (Å²) >= 11 is 0. The van der Waals surface area contributed by atoms with E-state index in [0.717, 1.165) is 30.1 Å². The lowest BCUT2D eigenvalue weighted by molar-refractivity contribution is 0.207. The minimum Gasteiger partial charge on any atom is -0.382 e. The first-order valence-corrected chi connectivity index (χ1v) is 7.09. The molecule has 1 heterocycles. The van der Waals surface area contributed by atoms with E-state index in [4.69, 9.17) is 0 Å². The number of aliphatic hydroxyl groups excluding tert-OH is 1. The van der Waals surface area contributed by atoms with E-state index in [9.17, 15) is 5.11 Å². The molecule has 3 rings (SSSR count). The Kier molecular flexibility index (Phi) is 3.38. The Morgan fingerprint density at radius 2 is 2.00 bits per heavy atom. The van der Waals surface area contributed by atoms with Crippen LogP contribution in [0.15, 0.2) is 36.5 Å². The van der Waals surface area contributed by atoms with Crippen LogP contribution in [0.3, 0.4) is 0 Å². The second-order valence-electron chi connectivity index (χ2n) is 5.32. The number of hydrogen-bond acceptors (Lipinski definition) is 2. The number of nitrogens with zero attached hydrogens (tertiary/aromatic N) is 2. The highest BCUT2D eigenvalue weighted by molar-refractivity contribution is 5.32. The largest absolute Gasteiger partial charge is 0.382 e. The van der Waals surface area contributed by atoms with Gasteiger partial charge in [0.05, 0.1) is 5.69 Å². The highest BCUT2D eigenvalue weighted by atomic mass is 16.3. The van der Waals surface area contributed by atoms with Gasteiger partial charge >= 0.3 is 0 Å². The van der Waals surface area contributed by atoms with Crippen molar-refractivity contribution >= 4 is 0 Å². The summed E-state index contributed by atoms with van der Waals surface area (Å²) in [6, 6.07) is 10.3. The van der Waals surface area contributed by atoms with Crippen molar-refractivity contribution in [1.29, 1.82) is 0 Å². The maximum absolute atomic E-state index is 10.5. The van der Waals surface area contributed by atoms with Gasteiger partial charge in [-0.05, 0) is 42.4 Å². The molecule has 1 aromatic heterocycles. The number of aryl methyl sites for hydroxylation is 1. The molecule has 0 bridgehead atoms.